The number of carbonyl (C=O) groups excluding carboxylic acids is 1. The number of nitrogens with zero attached hydrogens (tertiary/aromatic N) is 2. The number of ether oxygens (including phenoxy) is 2. The molecule has 1 fully saturated rings. The van der Waals surface area contributed by atoms with Crippen molar-refractivity contribution in [3.8, 4) is 11.5 Å². The van der Waals surface area contributed by atoms with Gasteiger partial charge in [0.1, 0.15) is 23.7 Å². The van der Waals surface area contributed by atoms with E-state index < -0.39 is 6.09 Å². The van der Waals surface area contributed by atoms with Crippen LogP contribution in [0.2, 0.25) is 5.02 Å². The summed E-state index contributed by atoms with van der Waals surface area (Å²) in [5.74, 6) is 0.839. The highest BCUT2D eigenvalue weighted by atomic mass is 35.5. The third-order valence-corrected chi connectivity index (χ3v) is 5.36. The Labute approximate surface area is 163 Å². The van der Waals surface area contributed by atoms with Gasteiger partial charge in [-0.3, -0.25) is 5.32 Å². The molecule has 1 aromatic carbocycles. The molecule has 1 aliphatic carbocycles. The summed E-state index contributed by atoms with van der Waals surface area (Å²) in [5.41, 5.74) is 0.982. The van der Waals surface area contributed by atoms with Gasteiger partial charge in [-0.1, -0.05) is 11.6 Å². The molecule has 9 heteroatoms. The number of aliphatic hydroxyl groups excluding tert-OH is 1. The van der Waals surface area contributed by atoms with E-state index in [1.54, 1.807) is 29.8 Å². The van der Waals surface area contributed by atoms with Crippen LogP contribution >= 0.6 is 22.9 Å². The van der Waals surface area contributed by atoms with Crippen LogP contribution in [0, 0.1) is 0 Å². The Kier molecular flexibility index (Phi) is 5.11. The van der Waals surface area contributed by atoms with Gasteiger partial charge >= 0.3 is 6.09 Å². The summed E-state index contributed by atoms with van der Waals surface area (Å²) < 4.78 is 12.1. The number of anilines is 1. The van der Waals surface area contributed by atoms with Crippen LogP contribution in [-0.4, -0.2) is 33.4 Å². The molecular weight excluding hydrogens is 390 g/mol. The van der Waals surface area contributed by atoms with Gasteiger partial charge in [0.15, 0.2) is 5.75 Å². The summed E-state index contributed by atoms with van der Waals surface area (Å²) >= 11 is 7.45. The minimum Gasteiger partial charge on any atom is -0.488 e. The van der Waals surface area contributed by atoms with Gasteiger partial charge in [0, 0.05) is 23.0 Å². The van der Waals surface area contributed by atoms with Crippen molar-refractivity contribution < 1.29 is 19.4 Å². The molecule has 1 saturated carbocycles. The number of aliphatic hydroxyl groups is 1. The van der Waals surface area contributed by atoms with Crippen molar-refractivity contribution in [3.63, 3.8) is 0 Å². The quantitative estimate of drug-likeness (QED) is 0.674. The van der Waals surface area contributed by atoms with Crippen LogP contribution in [0.4, 0.5) is 10.5 Å². The van der Waals surface area contributed by atoms with Crippen molar-refractivity contribution in [1.82, 2.24) is 9.97 Å². The fourth-order valence-electron chi connectivity index (χ4n) is 2.98. The van der Waals surface area contributed by atoms with Crippen LogP contribution in [0.1, 0.15) is 19.3 Å². The van der Waals surface area contributed by atoms with E-state index in [2.05, 4.69) is 15.3 Å². The van der Waals surface area contributed by atoms with Crippen LogP contribution in [0.15, 0.2) is 36.1 Å². The minimum atomic E-state index is -0.674. The molecule has 27 heavy (non-hydrogen) atoms. The van der Waals surface area contributed by atoms with Crippen molar-refractivity contribution in [3.05, 3.63) is 41.1 Å². The predicted molar refractivity (Wildman–Crippen MR) is 103 cm³/mol. The number of aromatic nitrogens is 2. The highest BCUT2D eigenvalue weighted by Crippen LogP contribution is 2.33. The van der Waals surface area contributed by atoms with Gasteiger partial charge in [0.2, 0.25) is 0 Å². The van der Waals surface area contributed by atoms with Crippen molar-refractivity contribution in [2.75, 3.05) is 5.32 Å². The molecule has 0 saturated heterocycles. The number of carbonyl (C=O) groups is 1. The number of hydrogen-bond donors (Lipinski definition) is 2. The topological polar surface area (TPSA) is 93.6 Å². The van der Waals surface area contributed by atoms with E-state index in [1.807, 2.05) is 0 Å². The Balaban J connectivity index is 1.49. The summed E-state index contributed by atoms with van der Waals surface area (Å²) in [5, 5.41) is 14.5. The van der Waals surface area contributed by atoms with Crippen LogP contribution < -0.4 is 14.8 Å². The lowest BCUT2D eigenvalue weighted by atomic mass is 10.2. The number of nitrogens with one attached hydrogen (secondary N) is 1. The van der Waals surface area contributed by atoms with Crippen molar-refractivity contribution >= 4 is 44.9 Å². The molecule has 0 bridgehead atoms. The van der Waals surface area contributed by atoms with Gasteiger partial charge in [0.05, 0.1) is 16.5 Å². The SMILES string of the molecule is O=C(Nc1cc(Cl)ccc1OC1CCC(O)C1)Oc1csc2cncnc12. The summed E-state index contributed by atoms with van der Waals surface area (Å²) in [6.07, 6.45) is 3.96. The zero-order chi connectivity index (χ0) is 18.8. The van der Waals surface area contributed by atoms with E-state index >= 15 is 0 Å². The molecule has 1 amide bonds. The number of hydrogen-bond acceptors (Lipinski definition) is 7. The number of benzene rings is 1. The van der Waals surface area contributed by atoms with Gasteiger partial charge in [-0.25, -0.2) is 14.8 Å². The van der Waals surface area contributed by atoms with E-state index in [-0.39, 0.29) is 12.2 Å². The Morgan fingerprint density at radius 1 is 1.33 bits per heavy atom. The zero-order valence-corrected chi connectivity index (χ0v) is 15.7. The standard InChI is InChI=1S/C18H16ClN3O4S/c19-10-1-4-14(25-12-3-2-11(23)6-12)13(5-10)22-18(24)26-15-8-27-16-7-20-9-21-17(15)16/h1,4-5,7-9,11-12,23H,2-3,6H2,(H,22,24). The monoisotopic (exact) mass is 405 g/mol. The minimum absolute atomic E-state index is 0.102. The molecule has 2 aromatic heterocycles. The lowest BCUT2D eigenvalue weighted by Gasteiger charge is -2.17. The molecule has 0 spiro atoms. The molecule has 4 rings (SSSR count). The fraction of sp³-hybridized carbons (Fsp3) is 0.278. The van der Waals surface area contributed by atoms with Crippen LogP contribution in [0.5, 0.6) is 11.5 Å². The molecule has 7 nitrogen and oxygen atoms in total. The Hall–Kier alpha value is -2.42. The molecule has 0 aliphatic heterocycles. The molecule has 2 atom stereocenters. The average Bonchev–Trinajstić information content (AvgIpc) is 3.24. The Morgan fingerprint density at radius 2 is 2.22 bits per heavy atom. The number of thiophene rings is 1. The van der Waals surface area contributed by atoms with E-state index in [0.29, 0.717) is 40.6 Å². The number of fused-ring (bicyclic) bond motifs is 1. The average molecular weight is 406 g/mol. The third-order valence-electron chi connectivity index (χ3n) is 4.24. The second-order valence-electron chi connectivity index (χ2n) is 6.20. The molecule has 140 valence electrons. The Bertz CT molecular complexity index is 980. The van der Waals surface area contributed by atoms with Crippen LogP contribution in [0.25, 0.3) is 10.2 Å². The van der Waals surface area contributed by atoms with E-state index in [0.717, 1.165) is 11.1 Å². The van der Waals surface area contributed by atoms with Gasteiger partial charge in [0.25, 0.3) is 0 Å². The van der Waals surface area contributed by atoms with E-state index in [4.69, 9.17) is 21.1 Å². The smallest absolute Gasteiger partial charge is 0.417 e. The van der Waals surface area contributed by atoms with Crippen molar-refractivity contribution in [1.29, 1.82) is 0 Å². The van der Waals surface area contributed by atoms with Gasteiger partial charge in [-0.2, -0.15) is 0 Å². The lowest BCUT2D eigenvalue weighted by molar-refractivity contribution is 0.150. The van der Waals surface area contributed by atoms with Crippen molar-refractivity contribution in [2.45, 2.75) is 31.5 Å². The maximum Gasteiger partial charge on any atom is 0.417 e. The largest absolute Gasteiger partial charge is 0.488 e. The molecular formula is C18H16ClN3O4S. The number of halogens is 1. The first-order chi connectivity index (χ1) is 13.1. The van der Waals surface area contributed by atoms with Crippen molar-refractivity contribution in [2.24, 2.45) is 0 Å². The maximum absolute atomic E-state index is 12.4. The molecule has 2 heterocycles. The Morgan fingerprint density at radius 3 is 3.04 bits per heavy atom. The highest BCUT2D eigenvalue weighted by molar-refractivity contribution is 7.17. The van der Waals surface area contributed by atoms with Crippen LogP contribution in [-0.2, 0) is 0 Å². The normalized spacial score (nSPS) is 19.2. The highest BCUT2D eigenvalue weighted by Gasteiger charge is 2.25. The maximum atomic E-state index is 12.4. The summed E-state index contributed by atoms with van der Waals surface area (Å²) in [6.45, 7) is 0. The second-order valence-corrected chi connectivity index (χ2v) is 7.54. The summed E-state index contributed by atoms with van der Waals surface area (Å²) in [6, 6.07) is 4.97. The molecule has 2 unspecified atom stereocenters. The van der Waals surface area contributed by atoms with Gasteiger partial charge < -0.3 is 14.6 Å². The van der Waals surface area contributed by atoms with Gasteiger partial charge in [-0.15, -0.1) is 11.3 Å². The van der Waals surface area contributed by atoms with E-state index in [1.165, 1.54) is 17.7 Å². The van der Waals surface area contributed by atoms with E-state index in [9.17, 15) is 9.90 Å². The fourth-order valence-corrected chi connectivity index (χ4v) is 3.93. The number of amides is 1. The first-order valence-electron chi connectivity index (χ1n) is 8.39. The molecule has 1 aliphatic rings. The lowest BCUT2D eigenvalue weighted by Crippen LogP contribution is -2.19. The molecule has 0 radical (unpaired) electrons. The summed E-state index contributed by atoms with van der Waals surface area (Å²) in [4.78, 5) is 20.4. The zero-order valence-electron chi connectivity index (χ0n) is 14.1. The first kappa shape index (κ1) is 18.0. The third kappa shape index (κ3) is 4.13. The first-order valence-corrected chi connectivity index (χ1v) is 9.64. The predicted octanol–water partition coefficient (Wildman–Crippen LogP) is 4.25. The van der Waals surface area contributed by atoms with Crippen LogP contribution in [0.3, 0.4) is 0 Å². The molecule has 3 aromatic rings. The number of rotatable bonds is 4. The van der Waals surface area contributed by atoms with Gasteiger partial charge in [-0.05, 0) is 31.0 Å². The summed E-state index contributed by atoms with van der Waals surface area (Å²) in [7, 11) is 0. The second kappa shape index (κ2) is 7.67. The molecule has 2 N–H and O–H groups in total.